The first-order valence-electron chi connectivity index (χ1n) is 8.53. The van der Waals surface area contributed by atoms with Crippen molar-refractivity contribution in [3.05, 3.63) is 35.9 Å². The van der Waals surface area contributed by atoms with Crippen LogP contribution in [0.5, 0.6) is 0 Å². The lowest BCUT2D eigenvalue weighted by Gasteiger charge is -2.58. The fraction of sp³-hybridized carbons (Fsp3) is 0.684. The summed E-state index contributed by atoms with van der Waals surface area (Å²) in [6.07, 6.45) is 9.32. The standard InChI is InChI=1S/C19H25ClO/c20-18(21-7-6-14-4-2-1-3-5-14)19-11-15-8-16(12-19)10-17(9-15)13-19/h1-5,15-18H,6-13H2. The van der Waals surface area contributed by atoms with E-state index < -0.39 is 0 Å². The molecule has 114 valence electrons. The molecule has 0 saturated heterocycles. The molecule has 4 saturated carbocycles. The minimum Gasteiger partial charge on any atom is -0.362 e. The lowest BCUT2D eigenvalue weighted by atomic mass is 9.50. The Morgan fingerprint density at radius 1 is 1.00 bits per heavy atom. The lowest BCUT2D eigenvalue weighted by Crippen LogP contribution is -2.50. The van der Waals surface area contributed by atoms with Crippen LogP contribution in [0.4, 0.5) is 0 Å². The van der Waals surface area contributed by atoms with Crippen molar-refractivity contribution in [2.45, 2.75) is 50.5 Å². The Kier molecular flexibility index (Phi) is 3.75. The van der Waals surface area contributed by atoms with Gasteiger partial charge in [-0.05, 0) is 68.3 Å². The van der Waals surface area contributed by atoms with Gasteiger partial charge in [0, 0.05) is 5.41 Å². The van der Waals surface area contributed by atoms with Crippen LogP contribution in [-0.2, 0) is 11.2 Å². The molecule has 0 radical (unpaired) electrons. The zero-order valence-corrected chi connectivity index (χ0v) is 13.4. The van der Waals surface area contributed by atoms with E-state index in [1.165, 1.54) is 44.1 Å². The van der Waals surface area contributed by atoms with Crippen molar-refractivity contribution in [1.82, 2.24) is 0 Å². The highest BCUT2D eigenvalue weighted by Gasteiger charge is 2.54. The minimum atomic E-state index is -0.0744. The Morgan fingerprint density at radius 3 is 2.14 bits per heavy atom. The first kappa shape index (κ1) is 14.1. The second-order valence-corrected chi connectivity index (χ2v) is 8.10. The molecule has 0 amide bonds. The summed E-state index contributed by atoms with van der Waals surface area (Å²) in [6.45, 7) is 0.750. The van der Waals surface area contributed by atoms with Gasteiger partial charge in [-0.15, -0.1) is 0 Å². The second-order valence-electron chi connectivity index (χ2n) is 7.70. The van der Waals surface area contributed by atoms with E-state index >= 15 is 0 Å². The summed E-state index contributed by atoms with van der Waals surface area (Å²) < 4.78 is 6.10. The van der Waals surface area contributed by atoms with Gasteiger partial charge in [-0.25, -0.2) is 0 Å². The second kappa shape index (κ2) is 5.59. The van der Waals surface area contributed by atoms with Gasteiger partial charge in [0.1, 0.15) is 5.56 Å². The lowest BCUT2D eigenvalue weighted by molar-refractivity contribution is -0.112. The molecule has 21 heavy (non-hydrogen) atoms. The molecule has 0 spiro atoms. The molecular formula is C19H25ClO. The highest BCUT2D eigenvalue weighted by atomic mass is 35.5. The Morgan fingerprint density at radius 2 is 1.57 bits per heavy atom. The Labute approximate surface area is 133 Å². The summed E-state index contributed by atoms with van der Waals surface area (Å²) in [4.78, 5) is 0. The Balaban J connectivity index is 1.35. The number of benzene rings is 1. The third-order valence-electron chi connectivity index (χ3n) is 6.06. The zero-order chi connectivity index (χ0) is 14.3. The van der Waals surface area contributed by atoms with Crippen molar-refractivity contribution in [1.29, 1.82) is 0 Å². The molecule has 0 N–H and O–H groups in total. The van der Waals surface area contributed by atoms with E-state index in [0.717, 1.165) is 30.8 Å². The maximum Gasteiger partial charge on any atom is 0.136 e. The van der Waals surface area contributed by atoms with Crippen LogP contribution in [0.1, 0.15) is 44.1 Å². The number of alkyl halides is 1. The van der Waals surface area contributed by atoms with E-state index in [-0.39, 0.29) is 5.56 Å². The SMILES string of the molecule is ClC(OCCc1ccccc1)C12CC3CC(CC(C3)C1)C2. The van der Waals surface area contributed by atoms with Gasteiger partial charge in [-0.2, -0.15) is 0 Å². The van der Waals surface area contributed by atoms with Crippen LogP contribution in [0.2, 0.25) is 0 Å². The summed E-state index contributed by atoms with van der Waals surface area (Å²) in [5, 5.41) is 0. The van der Waals surface area contributed by atoms with Crippen LogP contribution in [0.25, 0.3) is 0 Å². The van der Waals surface area contributed by atoms with Gasteiger partial charge >= 0.3 is 0 Å². The fourth-order valence-corrected chi connectivity index (χ4v) is 5.91. The number of hydrogen-bond acceptors (Lipinski definition) is 1. The highest BCUT2D eigenvalue weighted by Crippen LogP contribution is 2.62. The van der Waals surface area contributed by atoms with E-state index in [1.54, 1.807) is 0 Å². The molecular weight excluding hydrogens is 280 g/mol. The monoisotopic (exact) mass is 304 g/mol. The van der Waals surface area contributed by atoms with Crippen molar-refractivity contribution in [3.8, 4) is 0 Å². The summed E-state index contributed by atoms with van der Waals surface area (Å²) in [7, 11) is 0. The molecule has 1 unspecified atom stereocenters. The largest absolute Gasteiger partial charge is 0.362 e. The number of rotatable bonds is 5. The first-order chi connectivity index (χ1) is 10.2. The number of halogens is 1. The van der Waals surface area contributed by atoms with Crippen LogP contribution in [0.15, 0.2) is 30.3 Å². The maximum absolute atomic E-state index is 6.75. The normalized spacial score (nSPS) is 38.6. The third kappa shape index (κ3) is 2.75. The molecule has 0 heterocycles. The van der Waals surface area contributed by atoms with Gasteiger partial charge < -0.3 is 4.74 Å². The molecule has 4 aliphatic carbocycles. The van der Waals surface area contributed by atoms with Gasteiger partial charge in [0.2, 0.25) is 0 Å². The quantitative estimate of drug-likeness (QED) is 0.693. The van der Waals surface area contributed by atoms with E-state index in [0.29, 0.717) is 5.41 Å². The van der Waals surface area contributed by atoms with Crippen molar-refractivity contribution < 1.29 is 4.74 Å². The van der Waals surface area contributed by atoms with Gasteiger partial charge in [0.25, 0.3) is 0 Å². The van der Waals surface area contributed by atoms with Gasteiger partial charge in [-0.3, -0.25) is 0 Å². The summed E-state index contributed by atoms with van der Waals surface area (Å²) in [5.74, 6) is 2.82. The predicted octanol–water partition coefficient (Wildman–Crippen LogP) is 5.03. The van der Waals surface area contributed by atoms with Crippen molar-refractivity contribution >= 4 is 11.6 Å². The topological polar surface area (TPSA) is 9.23 Å². The number of hydrogen-bond donors (Lipinski definition) is 0. The smallest absolute Gasteiger partial charge is 0.136 e. The molecule has 1 atom stereocenters. The molecule has 1 nitrogen and oxygen atoms in total. The van der Waals surface area contributed by atoms with Crippen molar-refractivity contribution in [2.75, 3.05) is 6.61 Å². The number of ether oxygens (including phenoxy) is 1. The minimum absolute atomic E-state index is 0.0744. The predicted molar refractivity (Wildman–Crippen MR) is 86.3 cm³/mol. The molecule has 5 rings (SSSR count). The van der Waals surface area contributed by atoms with Crippen LogP contribution in [0.3, 0.4) is 0 Å². The van der Waals surface area contributed by atoms with Crippen molar-refractivity contribution in [2.24, 2.45) is 23.2 Å². The first-order valence-corrected chi connectivity index (χ1v) is 8.97. The Bertz CT molecular complexity index is 448. The van der Waals surface area contributed by atoms with E-state index in [2.05, 4.69) is 30.3 Å². The van der Waals surface area contributed by atoms with E-state index in [9.17, 15) is 0 Å². The summed E-state index contributed by atoms with van der Waals surface area (Å²) >= 11 is 6.75. The van der Waals surface area contributed by atoms with E-state index in [1.807, 2.05) is 0 Å². The Hall–Kier alpha value is -0.530. The molecule has 0 aliphatic heterocycles. The van der Waals surface area contributed by atoms with Gasteiger partial charge in [0.05, 0.1) is 6.61 Å². The molecule has 2 heteroatoms. The van der Waals surface area contributed by atoms with Crippen LogP contribution >= 0.6 is 11.6 Å². The van der Waals surface area contributed by atoms with Crippen LogP contribution in [-0.4, -0.2) is 12.2 Å². The van der Waals surface area contributed by atoms with E-state index in [4.69, 9.17) is 16.3 Å². The third-order valence-corrected chi connectivity index (χ3v) is 6.65. The average Bonchev–Trinajstić information content (AvgIpc) is 2.47. The molecule has 4 bridgehead atoms. The summed E-state index contributed by atoms with van der Waals surface area (Å²) in [5.41, 5.74) is 1.56. The van der Waals surface area contributed by atoms with Crippen molar-refractivity contribution in [3.63, 3.8) is 0 Å². The zero-order valence-electron chi connectivity index (χ0n) is 12.6. The highest BCUT2D eigenvalue weighted by molar-refractivity contribution is 6.20. The maximum atomic E-state index is 6.75. The fourth-order valence-electron chi connectivity index (χ4n) is 5.56. The summed E-state index contributed by atoms with van der Waals surface area (Å²) in [6, 6.07) is 10.6. The van der Waals surface area contributed by atoms with Gasteiger partial charge in [-0.1, -0.05) is 41.9 Å². The van der Waals surface area contributed by atoms with Crippen LogP contribution in [0, 0.1) is 23.2 Å². The average molecular weight is 305 g/mol. The van der Waals surface area contributed by atoms with Crippen LogP contribution < -0.4 is 0 Å². The molecule has 1 aromatic carbocycles. The molecule has 4 aliphatic rings. The molecule has 0 aromatic heterocycles. The van der Waals surface area contributed by atoms with Gasteiger partial charge in [0.15, 0.2) is 0 Å². The molecule has 1 aromatic rings. The molecule has 4 fully saturated rings.